The molecule has 0 amide bonds. The molecule has 0 radical (unpaired) electrons. The Morgan fingerprint density at radius 2 is 1.50 bits per heavy atom. The first-order chi connectivity index (χ1) is 7.61. The van der Waals surface area contributed by atoms with Gasteiger partial charge in [-0.1, -0.05) is 72.4 Å². The van der Waals surface area contributed by atoms with E-state index in [4.69, 9.17) is 0 Å². The fraction of sp³-hybridized carbons (Fsp3) is 0.588. The summed E-state index contributed by atoms with van der Waals surface area (Å²) >= 11 is 0. The molecule has 0 N–H and O–H groups in total. The van der Waals surface area contributed by atoms with Crippen molar-refractivity contribution in [1.82, 2.24) is 4.90 Å². The van der Waals surface area contributed by atoms with Crippen LogP contribution in [0.15, 0.2) is 30.3 Å². The third-order valence-corrected chi connectivity index (χ3v) is 2.45. The van der Waals surface area contributed by atoms with E-state index < -0.39 is 0 Å². The maximum absolute atomic E-state index is 3.88. The van der Waals surface area contributed by atoms with Crippen LogP contribution in [0.1, 0.15) is 54.0 Å². The number of hydrogen-bond donors (Lipinski definition) is 0. The molecule has 0 aliphatic heterocycles. The summed E-state index contributed by atoms with van der Waals surface area (Å²) < 4.78 is 0. The Balaban J connectivity index is -0.0000000987. The van der Waals surface area contributed by atoms with E-state index >= 15 is 0 Å². The van der Waals surface area contributed by atoms with Crippen LogP contribution in [0.2, 0.25) is 0 Å². The van der Waals surface area contributed by atoms with Crippen molar-refractivity contribution in [2.45, 2.75) is 60.9 Å². The maximum atomic E-state index is 3.88. The second-order valence-electron chi connectivity index (χ2n) is 4.34. The van der Waals surface area contributed by atoms with Crippen LogP contribution in [0.5, 0.6) is 0 Å². The summed E-state index contributed by atoms with van der Waals surface area (Å²) in [6.07, 6.45) is 3.56. The van der Waals surface area contributed by atoms with Crippen molar-refractivity contribution >= 4 is 0 Å². The average Bonchev–Trinajstić information content (AvgIpc) is 2.28. The Morgan fingerprint density at radius 1 is 1.10 bits per heavy atom. The minimum Gasteiger partial charge on any atom is -0.459 e. The first-order valence-corrected chi connectivity index (χ1v) is 6.19. The first kappa shape index (κ1) is 32.9. The standard InChI is InChI=1S/C12H18N.C3H8.2CH4.Ar.W/c1-11(13(2)3)9-10-12-7-5-4-6-8-12;1-3-2;;;;/h4-8,11H,2,9-10H2,1,3H3;3H2,1-2H3;2*1H4;;/q-1;;;;;. The molecule has 0 spiro atoms. The molecule has 1 aromatic rings. The summed E-state index contributed by atoms with van der Waals surface area (Å²) in [4.78, 5) is 2.02. The molecule has 0 aliphatic carbocycles. The number of benzene rings is 1. The smallest absolute Gasteiger partial charge is 0 e. The third-order valence-electron chi connectivity index (χ3n) is 2.45. The Morgan fingerprint density at radius 3 is 1.85 bits per heavy atom. The van der Waals surface area contributed by atoms with E-state index in [-0.39, 0.29) is 73.7 Å². The van der Waals surface area contributed by atoms with Gasteiger partial charge >= 0.3 is 0 Å². The van der Waals surface area contributed by atoms with Gasteiger partial charge in [0.2, 0.25) is 0 Å². The van der Waals surface area contributed by atoms with Crippen LogP contribution >= 0.6 is 0 Å². The van der Waals surface area contributed by atoms with Gasteiger partial charge in [0.05, 0.1) is 0 Å². The third kappa shape index (κ3) is 19.1. The van der Waals surface area contributed by atoms with Gasteiger partial charge in [-0.2, -0.15) is 0 Å². The van der Waals surface area contributed by atoms with Gasteiger partial charge in [0, 0.05) is 58.8 Å². The van der Waals surface area contributed by atoms with E-state index in [1.165, 1.54) is 18.4 Å². The maximum Gasteiger partial charge on any atom is 0 e. The van der Waals surface area contributed by atoms with Crippen LogP contribution in [-0.4, -0.2) is 18.0 Å². The monoisotopic (exact) mass is 476 g/mol. The fourth-order valence-corrected chi connectivity index (χ4v) is 1.24. The number of rotatable bonds is 4. The van der Waals surface area contributed by atoms with E-state index in [9.17, 15) is 0 Å². The van der Waals surface area contributed by atoms with Gasteiger partial charge in [-0.15, -0.1) is 0 Å². The zero-order chi connectivity index (χ0) is 12.4. The molecule has 0 aromatic heterocycles. The zero-order valence-corrected chi connectivity index (χ0v) is 15.6. The molecule has 0 saturated carbocycles. The molecule has 1 unspecified atom stereocenters. The molecule has 1 rings (SSSR count). The van der Waals surface area contributed by atoms with Crippen LogP contribution in [0.3, 0.4) is 0 Å². The molecule has 0 bridgehead atoms. The summed E-state index contributed by atoms with van der Waals surface area (Å²) in [7, 11) is 5.91. The van der Waals surface area contributed by atoms with Gasteiger partial charge in [0.1, 0.15) is 0 Å². The molecule has 0 aliphatic rings. The van der Waals surface area contributed by atoms with E-state index in [2.05, 4.69) is 58.2 Å². The average molecular weight is 476 g/mol. The molecule has 20 heavy (non-hydrogen) atoms. The number of hydrogen-bond acceptors (Lipinski definition) is 1. The minimum absolute atomic E-state index is 0. The van der Waals surface area contributed by atoms with Gasteiger partial charge in [-0.05, 0) is 31.5 Å². The predicted octanol–water partition coefficient (Wildman–Crippen LogP) is 5.42. The van der Waals surface area contributed by atoms with Crippen LogP contribution in [-0.2, 0) is 27.5 Å². The topological polar surface area (TPSA) is 3.24 Å². The van der Waals surface area contributed by atoms with E-state index in [0.29, 0.717) is 6.04 Å². The molecule has 0 saturated heterocycles. The number of aryl methyl sites for hydroxylation is 1. The summed E-state index contributed by atoms with van der Waals surface area (Å²) in [5.74, 6) is 0. The van der Waals surface area contributed by atoms with Gasteiger partial charge in [0.25, 0.3) is 0 Å². The summed E-state index contributed by atoms with van der Waals surface area (Å²) in [5.41, 5.74) is 1.41. The van der Waals surface area contributed by atoms with Crippen molar-refractivity contribution in [3.63, 3.8) is 0 Å². The van der Waals surface area contributed by atoms with Gasteiger partial charge < -0.3 is 4.90 Å². The van der Waals surface area contributed by atoms with Crippen molar-refractivity contribution in [3.8, 4) is 0 Å². The zero-order valence-electron chi connectivity index (χ0n) is 12.0. The number of nitrogens with zero attached hydrogens (tertiary/aromatic N) is 1. The normalized spacial score (nSPS) is 9.50. The van der Waals surface area contributed by atoms with E-state index in [1.54, 1.807) is 0 Å². The molecular weight excluding hydrogens is 442 g/mol. The quantitative estimate of drug-likeness (QED) is 0.525. The Labute approximate surface area is 173 Å². The molecule has 3 heteroatoms. The fourth-order valence-electron chi connectivity index (χ4n) is 1.24. The molecule has 122 valence electrons. The summed E-state index contributed by atoms with van der Waals surface area (Å²) in [5, 5.41) is 0. The van der Waals surface area contributed by atoms with Crippen molar-refractivity contribution in [3.05, 3.63) is 42.9 Å². The molecule has 1 atom stereocenters. The molecule has 1 nitrogen and oxygen atoms in total. The van der Waals surface area contributed by atoms with Gasteiger partial charge in [0.15, 0.2) is 0 Å². The molecular formula is C17H34ArNW-. The summed E-state index contributed by atoms with van der Waals surface area (Å²) in [6.45, 7) is 6.45. The van der Waals surface area contributed by atoms with Crippen molar-refractivity contribution < 1.29 is 58.8 Å². The van der Waals surface area contributed by atoms with Crippen LogP contribution in [0.4, 0.5) is 0 Å². The SMILES string of the molecule is C.C.CCC.[Ar].[CH2-]N(C)C(C)CCc1ccccc1.[W]. The second-order valence-corrected chi connectivity index (χ2v) is 4.34. The van der Waals surface area contributed by atoms with Crippen molar-refractivity contribution in [2.24, 2.45) is 0 Å². The van der Waals surface area contributed by atoms with Crippen molar-refractivity contribution in [1.29, 1.82) is 0 Å². The van der Waals surface area contributed by atoms with Gasteiger partial charge in [-0.25, -0.2) is 0 Å². The first-order valence-electron chi connectivity index (χ1n) is 6.19. The Kier molecular flexibility index (Phi) is 36.9. The molecule has 0 fully saturated rings. The Bertz CT molecular complexity index is 252. The van der Waals surface area contributed by atoms with Gasteiger partial charge in [-0.3, -0.25) is 7.05 Å². The van der Waals surface area contributed by atoms with E-state index in [0.717, 1.165) is 6.42 Å². The summed E-state index contributed by atoms with van der Waals surface area (Å²) in [6, 6.07) is 11.1. The van der Waals surface area contributed by atoms with Crippen LogP contribution < -0.4 is 0 Å². The predicted molar refractivity (Wildman–Crippen MR) is 86.8 cm³/mol. The van der Waals surface area contributed by atoms with Crippen LogP contribution in [0.25, 0.3) is 0 Å². The van der Waals surface area contributed by atoms with E-state index in [1.807, 2.05) is 11.9 Å². The van der Waals surface area contributed by atoms with Crippen LogP contribution in [0, 0.1) is 44.8 Å². The second kappa shape index (κ2) is 22.4. The largest absolute Gasteiger partial charge is 0.459 e. The van der Waals surface area contributed by atoms with Crippen molar-refractivity contribution in [2.75, 3.05) is 7.05 Å². The minimum atomic E-state index is 0. The Hall–Kier alpha value is 1.13. The molecule has 0 heterocycles. The molecule has 1 aromatic carbocycles.